The molecular weight excluding hydrogens is 722 g/mol. The summed E-state index contributed by atoms with van der Waals surface area (Å²) >= 11 is 0. The number of hydrogen-bond donors (Lipinski definition) is 3. The summed E-state index contributed by atoms with van der Waals surface area (Å²) in [6, 6.07) is 2.32. The van der Waals surface area contributed by atoms with Crippen molar-refractivity contribution >= 4 is 39.5 Å². The third-order valence-corrected chi connectivity index (χ3v) is 13.1. The van der Waals surface area contributed by atoms with Crippen LogP contribution in [0, 0.1) is 11.7 Å². The number of hydrogen-bond acceptors (Lipinski definition) is 10. The maximum absolute atomic E-state index is 14.6. The highest BCUT2D eigenvalue weighted by atomic mass is 32.2. The van der Waals surface area contributed by atoms with E-state index >= 15 is 0 Å². The molecule has 2 saturated carbocycles. The zero-order valence-electron chi connectivity index (χ0n) is 30.6. The minimum atomic E-state index is -3.94. The van der Waals surface area contributed by atoms with Gasteiger partial charge in [-0.1, -0.05) is 57.9 Å². The lowest BCUT2D eigenvalue weighted by Gasteiger charge is -2.32. The van der Waals surface area contributed by atoms with Crippen LogP contribution >= 0.6 is 0 Å². The number of sulfonamides is 1. The van der Waals surface area contributed by atoms with Crippen molar-refractivity contribution in [2.75, 3.05) is 11.9 Å². The lowest BCUT2D eigenvalue weighted by molar-refractivity contribution is -0.140. The Morgan fingerprint density at radius 1 is 1.02 bits per heavy atom. The SMILES string of the molecule is CC(C)(C)c1c(N[C@H]2CCCCCC=C[C@@H]3C[C@@]3(C(=O)NS(=O)(=O)C3CC3)NC(=O)[C@@H]3C[C@@H](OC(=O)N4Cc5cccc(F)c5C4)CN3C2=O)c(=O)c1=O. The molecular formula is C38H46FN5O9S. The molecule has 2 aromatic carbocycles. The van der Waals surface area contributed by atoms with Crippen LogP contribution in [-0.4, -0.2) is 77.6 Å². The van der Waals surface area contributed by atoms with Crippen molar-refractivity contribution in [1.29, 1.82) is 0 Å². The van der Waals surface area contributed by atoms with Crippen molar-refractivity contribution in [1.82, 2.24) is 19.8 Å². The van der Waals surface area contributed by atoms with Gasteiger partial charge in [-0.25, -0.2) is 17.6 Å². The fourth-order valence-electron chi connectivity index (χ4n) is 7.99. The average molecular weight is 768 g/mol. The summed E-state index contributed by atoms with van der Waals surface area (Å²) < 4.78 is 48.1. The van der Waals surface area contributed by atoms with Crippen LogP contribution in [0.25, 0.3) is 0 Å². The molecule has 0 unspecified atom stereocenters. The van der Waals surface area contributed by atoms with Crippen LogP contribution in [0.15, 0.2) is 39.9 Å². The van der Waals surface area contributed by atoms with Crippen LogP contribution in [0.3, 0.4) is 0 Å². The molecule has 5 aliphatic rings. The van der Waals surface area contributed by atoms with Gasteiger partial charge in [-0.3, -0.25) is 33.6 Å². The number of rotatable bonds is 6. The summed E-state index contributed by atoms with van der Waals surface area (Å²) in [5.41, 5.74) is -2.25. The molecule has 3 N–H and O–H groups in total. The van der Waals surface area contributed by atoms with Crippen LogP contribution in [0.1, 0.15) is 95.2 Å². The van der Waals surface area contributed by atoms with E-state index in [1.807, 2.05) is 12.2 Å². The van der Waals surface area contributed by atoms with E-state index in [1.165, 1.54) is 15.9 Å². The number of nitrogens with one attached hydrogen (secondary N) is 3. The molecule has 14 nitrogen and oxygen atoms in total. The Morgan fingerprint density at radius 3 is 2.48 bits per heavy atom. The molecule has 2 aromatic rings. The summed E-state index contributed by atoms with van der Waals surface area (Å²) in [6.45, 7) is 5.28. The van der Waals surface area contributed by atoms with Gasteiger partial charge in [0, 0.05) is 30.0 Å². The molecule has 0 aromatic heterocycles. The number of anilines is 1. The van der Waals surface area contributed by atoms with Gasteiger partial charge in [-0.05, 0) is 55.6 Å². The van der Waals surface area contributed by atoms with E-state index in [0.29, 0.717) is 43.2 Å². The maximum Gasteiger partial charge on any atom is 0.410 e. The summed E-state index contributed by atoms with van der Waals surface area (Å²) in [5.74, 6) is -3.08. The van der Waals surface area contributed by atoms with Gasteiger partial charge in [0.15, 0.2) is 0 Å². The van der Waals surface area contributed by atoms with Crippen LogP contribution < -0.4 is 26.2 Å². The van der Waals surface area contributed by atoms with E-state index in [4.69, 9.17) is 4.74 Å². The van der Waals surface area contributed by atoms with E-state index in [2.05, 4.69) is 15.4 Å². The van der Waals surface area contributed by atoms with Crippen molar-refractivity contribution in [2.45, 2.75) is 126 Å². The molecule has 16 heteroatoms. The van der Waals surface area contributed by atoms with Gasteiger partial charge in [0.2, 0.25) is 32.7 Å². The Balaban J connectivity index is 1.17. The van der Waals surface area contributed by atoms with Gasteiger partial charge in [-0.15, -0.1) is 0 Å². The van der Waals surface area contributed by atoms with E-state index in [9.17, 15) is 41.6 Å². The number of benzene rings is 1. The van der Waals surface area contributed by atoms with Gasteiger partial charge in [0.05, 0.1) is 24.0 Å². The van der Waals surface area contributed by atoms with Gasteiger partial charge in [0.25, 0.3) is 5.91 Å². The molecule has 290 valence electrons. The molecule has 3 fully saturated rings. The molecule has 1 saturated heterocycles. The third-order valence-electron chi connectivity index (χ3n) is 11.3. The maximum atomic E-state index is 14.6. The Morgan fingerprint density at radius 2 is 1.78 bits per heavy atom. The van der Waals surface area contributed by atoms with Crippen LogP contribution in [0.4, 0.5) is 14.9 Å². The summed E-state index contributed by atoms with van der Waals surface area (Å²) in [5, 5.41) is 5.18. The Hall–Kier alpha value is -4.60. The number of carbonyl (C=O) groups excluding carboxylic acids is 4. The second-order valence-electron chi connectivity index (χ2n) is 16.3. The predicted octanol–water partition coefficient (Wildman–Crippen LogP) is 2.63. The zero-order chi connectivity index (χ0) is 38.7. The predicted molar refractivity (Wildman–Crippen MR) is 195 cm³/mol. The Kier molecular flexibility index (Phi) is 9.72. The van der Waals surface area contributed by atoms with E-state index < -0.39 is 90.8 Å². The number of nitrogens with zero attached hydrogens (tertiary/aromatic N) is 2. The van der Waals surface area contributed by atoms with Gasteiger partial charge in [-0.2, -0.15) is 0 Å². The molecule has 3 aliphatic heterocycles. The van der Waals surface area contributed by atoms with Gasteiger partial charge < -0.3 is 20.3 Å². The first-order valence-corrected chi connectivity index (χ1v) is 20.2. The minimum Gasteiger partial charge on any atom is -0.444 e. The third kappa shape index (κ3) is 7.16. The Labute approximate surface area is 312 Å². The number of halogens is 1. The largest absolute Gasteiger partial charge is 0.444 e. The minimum absolute atomic E-state index is 0.0135. The number of carbonyl (C=O) groups is 4. The van der Waals surface area contributed by atoms with Crippen molar-refractivity contribution < 1.29 is 36.7 Å². The van der Waals surface area contributed by atoms with Crippen LogP contribution in [0.2, 0.25) is 0 Å². The first kappa shape index (κ1) is 37.7. The van der Waals surface area contributed by atoms with Crippen LogP contribution in [-0.2, 0) is 47.6 Å². The van der Waals surface area contributed by atoms with Crippen LogP contribution in [0.5, 0.6) is 0 Å². The van der Waals surface area contributed by atoms with Crippen molar-refractivity contribution in [3.05, 3.63) is 73.3 Å². The van der Waals surface area contributed by atoms with Crippen molar-refractivity contribution in [3.63, 3.8) is 0 Å². The van der Waals surface area contributed by atoms with E-state index in [-0.39, 0.29) is 50.1 Å². The zero-order valence-corrected chi connectivity index (χ0v) is 31.4. The molecule has 2 aliphatic carbocycles. The average Bonchev–Trinajstić information content (AvgIpc) is 3.99. The highest BCUT2D eigenvalue weighted by molar-refractivity contribution is 7.91. The number of allylic oxidation sites excluding steroid dienone is 1. The Bertz CT molecular complexity index is 2100. The topological polar surface area (TPSA) is 188 Å². The molecule has 3 heterocycles. The first-order chi connectivity index (χ1) is 25.5. The molecule has 4 amide bonds. The van der Waals surface area contributed by atoms with E-state index in [1.54, 1.807) is 32.9 Å². The number of amides is 4. The molecule has 0 bridgehead atoms. The fourth-order valence-corrected chi connectivity index (χ4v) is 9.36. The lowest BCUT2D eigenvalue weighted by Crippen LogP contribution is -2.58. The summed E-state index contributed by atoms with van der Waals surface area (Å²) in [7, 11) is -3.94. The highest BCUT2D eigenvalue weighted by Gasteiger charge is 2.62. The second-order valence-corrected chi connectivity index (χ2v) is 18.3. The van der Waals surface area contributed by atoms with E-state index in [0.717, 1.165) is 6.42 Å². The summed E-state index contributed by atoms with van der Waals surface area (Å²) in [4.78, 5) is 84.0. The molecule has 0 radical (unpaired) electrons. The van der Waals surface area contributed by atoms with Crippen molar-refractivity contribution in [2.24, 2.45) is 5.92 Å². The fraction of sp³-hybridized carbons (Fsp3) is 0.579. The molecule has 54 heavy (non-hydrogen) atoms. The highest BCUT2D eigenvalue weighted by Crippen LogP contribution is 2.46. The monoisotopic (exact) mass is 767 g/mol. The molecule has 0 spiro atoms. The van der Waals surface area contributed by atoms with Gasteiger partial charge >= 0.3 is 6.09 Å². The molecule has 5 atom stereocenters. The van der Waals surface area contributed by atoms with Crippen molar-refractivity contribution in [3.8, 4) is 0 Å². The molecule has 7 rings (SSSR count). The smallest absolute Gasteiger partial charge is 0.410 e. The number of ether oxygens (including phenoxy) is 1. The first-order valence-electron chi connectivity index (χ1n) is 18.7. The quantitative estimate of drug-likeness (QED) is 0.291. The normalized spacial score (nSPS) is 27.6. The standard InChI is InChI=1S/C38H46FN5O9S/c1-37(2,3)29-30(32(46)31(29)45)40-27-13-8-6-4-5-7-11-22-17-38(22,35(49)42-54(51,52)24-14-15-24)41-33(47)28-16-23(19-44(28)34(27)48)53-36(50)43-18-21-10-9-12-26(39)25(21)20-43/h7,9-12,22-24,27-28,40H,4-6,8,13-20H2,1-3H3,(H,41,47)(H,42,49)/t22-,23-,27+,28+,38-/m1/s1. The lowest BCUT2D eigenvalue weighted by atomic mass is 9.82. The number of fused-ring (bicyclic) bond motifs is 3. The van der Waals surface area contributed by atoms with Gasteiger partial charge in [0.1, 0.15) is 29.5 Å². The summed E-state index contributed by atoms with van der Waals surface area (Å²) in [6.07, 6.45) is 5.81. The second kappa shape index (κ2) is 13.9.